The van der Waals surface area contributed by atoms with Crippen LogP contribution in [0.2, 0.25) is 0 Å². The summed E-state index contributed by atoms with van der Waals surface area (Å²) < 4.78 is 16.9. The molecule has 1 N–H and O–H groups in total. The fraction of sp³-hybridized carbons (Fsp3) is 0.381. The van der Waals surface area contributed by atoms with Crippen LogP contribution >= 0.6 is 11.8 Å². The third-order valence-corrected chi connectivity index (χ3v) is 6.02. The average Bonchev–Trinajstić information content (AvgIpc) is 3.17. The topological polar surface area (TPSA) is 119 Å². The van der Waals surface area contributed by atoms with Crippen molar-refractivity contribution in [3.63, 3.8) is 0 Å². The Bertz CT molecular complexity index is 1030. The van der Waals surface area contributed by atoms with Crippen molar-refractivity contribution in [1.29, 1.82) is 0 Å². The molecule has 2 amide bonds. The molecule has 0 aliphatic carbocycles. The van der Waals surface area contributed by atoms with Crippen LogP contribution in [-0.4, -0.2) is 78.7 Å². The summed E-state index contributed by atoms with van der Waals surface area (Å²) in [4.78, 5) is 41.3. The van der Waals surface area contributed by atoms with Crippen LogP contribution in [0.5, 0.6) is 11.8 Å². The summed E-state index contributed by atoms with van der Waals surface area (Å²) in [6.45, 7) is 5.27. The molecule has 0 bridgehead atoms. The lowest BCUT2D eigenvalue weighted by molar-refractivity contribution is -0.115. The molecule has 33 heavy (non-hydrogen) atoms. The molecule has 1 aromatic carbocycles. The molecule has 3 aliphatic rings. The van der Waals surface area contributed by atoms with Gasteiger partial charge in [-0.15, -0.1) is 0 Å². The van der Waals surface area contributed by atoms with Gasteiger partial charge in [0, 0.05) is 26.2 Å². The summed E-state index contributed by atoms with van der Waals surface area (Å²) in [7, 11) is 0. The van der Waals surface area contributed by atoms with Crippen molar-refractivity contribution in [1.82, 2.24) is 20.3 Å². The minimum absolute atomic E-state index is 0.204. The van der Waals surface area contributed by atoms with E-state index in [2.05, 4.69) is 30.1 Å². The number of thioether (sulfide) groups is 1. The quantitative estimate of drug-likeness (QED) is 0.643. The number of hydrogen-bond acceptors (Lipinski definition) is 11. The van der Waals surface area contributed by atoms with E-state index in [1.807, 2.05) is 0 Å². The molecule has 0 spiro atoms. The van der Waals surface area contributed by atoms with Crippen LogP contribution in [0, 0.1) is 0 Å². The monoisotopic (exact) mass is 470 g/mol. The molecule has 0 atom stereocenters. The van der Waals surface area contributed by atoms with E-state index in [0.29, 0.717) is 75.2 Å². The van der Waals surface area contributed by atoms with Crippen molar-refractivity contribution in [3.05, 3.63) is 34.7 Å². The maximum Gasteiger partial charge on any atom is 0.328 e. The molecule has 4 heterocycles. The van der Waals surface area contributed by atoms with Crippen molar-refractivity contribution in [3.8, 4) is 11.8 Å². The number of carbonyl (C=O) groups excluding carboxylic acids is 2. The summed E-state index contributed by atoms with van der Waals surface area (Å²) in [6, 6.07) is 7.32. The Kier molecular flexibility index (Phi) is 6.37. The lowest BCUT2D eigenvalue weighted by Crippen LogP contribution is -2.40. The molecule has 1 aromatic heterocycles. The van der Waals surface area contributed by atoms with Gasteiger partial charge in [0.2, 0.25) is 11.9 Å². The SMILES string of the molecule is O=C1NC(=O)/C(=C/c2ccc(Oc3nc(N4CCOCC4)nc(N4CCOCC4)n3)cc2)S1. The fourth-order valence-corrected chi connectivity index (χ4v) is 4.18. The van der Waals surface area contributed by atoms with E-state index in [1.165, 1.54) is 0 Å². The second kappa shape index (κ2) is 9.73. The number of anilines is 2. The highest BCUT2D eigenvalue weighted by Gasteiger charge is 2.25. The van der Waals surface area contributed by atoms with Gasteiger partial charge in [-0.1, -0.05) is 12.1 Å². The van der Waals surface area contributed by atoms with E-state index in [4.69, 9.17) is 14.2 Å². The van der Waals surface area contributed by atoms with Gasteiger partial charge in [-0.2, -0.15) is 15.0 Å². The van der Waals surface area contributed by atoms with E-state index < -0.39 is 0 Å². The van der Waals surface area contributed by atoms with E-state index in [-0.39, 0.29) is 17.2 Å². The fourth-order valence-electron chi connectivity index (χ4n) is 3.50. The Morgan fingerprint density at radius 1 is 0.879 bits per heavy atom. The first-order chi connectivity index (χ1) is 16.1. The summed E-state index contributed by atoms with van der Waals surface area (Å²) in [5, 5.41) is 1.87. The maximum atomic E-state index is 11.7. The third kappa shape index (κ3) is 5.24. The Morgan fingerprint density at radius 3 is 1.97 bits per heavy atom. The zero-order chi connectivity index (χ0) is 22.6. The summed E-state index contributed by atoms with van der Waals surface area (Å²) >= 11 is 0.882. The lowest BCUT2D eigenvalue weighted by atomic mass is 10.2. The molecule has 11 nitrogen and oxygen atoms in total. The highest BCUT2D eigenvalue weighted by molar-refractivity contribution is 8.18. The summed E-state index contributed by atoms with van der Waals surface area (Å²) in [6.07, 6.45) is 1.66. The molecule has 5 rings (SSSR count). The number of ether oxygens (including phenoxy) is 3. The Labute approximate surface area is 194 Å². The van der Waals surface area contributed by atoms with Gasteiger partial charge in [-0.3, -0.25) is 14.9 Å². The van der Waals surface area contributed by atoms with Crippen molar-refractivity contribution in [2.45, 2.75) is 0 Å². The van der Waals surface area contributed by atoms with Gasteiger partial charge >= 0.3 is 6.01 Å². The number of morpholine rings is 2. The van der Waals surface area contributed by atoms with Gasteiger partial charge < -0.3 is 24.0 Å². The van der Waals surface area contributed by atoms with Crippen LogP contribution in [0.4, 0.5) is 16.7 Å². The van der Waals surface area contributed by atoms with Gasteiger partial charge in [0.25, 0.3) is 11.1 Å². The largest absolute Gasteiger partial charge is 0.424 e. The first-order valence-corrected chi connectivity index (χ1v) is 11.4. The van der Waals surface area contributed by atoms with Crippen LogP contribution in [-0.2, 0) is 14.3 Å². The number of imide groups is 1. The highest BCUT2D eigenvalue weighted by Crippen LogP contribution is 2.27. The standard InChI is InChI=1S/C21H22N6O5S/c28-17-16(33-21(29)22-17)13-14-1-3-15(4-2-14)32-20-24-18(26-5-9-30-10-6-26)23-19(25-20)27-7-11-31-12-8-27/h1-4,13H,5-12H2,(H,22,28,29)/b16-13-. The second-order valence-corrected chi connectivity index (χ2v) is 8.45. The van der Waals surface area contributed by atoms with Crippen LogP contribution in [0.1, 0.15) is 5.56 Å². The van der Waals surface area contributed by atoms with Crippen molar-refractivity contribution in [2.75, 3.05) is 62.4 Å². The molecule has 2 aromatic rings. The van der Waals surface area contributed by atoms with E-state index in [0.717, 1.165) is 17.3 Å². The van der Waals surface area contributed by atoms with Crippen LogP contribution in [0.25, 0.3) is 6.08 Å². The van der Waals surface area contributed by atoms with E-state index >= 15 is 0 Å². The van der Waals surface area contributed by atoms with Crippen LogP contribution < -0.4 is 19.9 Å². The number of aromatic nitrogens is 3. The Morgan fingerprint density at radius 2 is 1.45 bits per heavy atom. The maximum absolute atomic E-state index is 11.7. The molecule has 12 heteroatoms. The van der Waals surface area contributed by atoms with Crippen molar-refractivity contribution >= 4 is 40.9 Å². The molecular weight excluding hydrogens is 448 g/mol. The lowest BCUT2D eigenvalue weighted by Gasteiger charge is -2.30. The molecular formula is C21H22N6O5S. The predicted molar refractivity (Wildman–Crippen MR) is 122 cm³/mol. The van der Waals surface area contributed by atoms with Crippen molar-refractivity contribution in [2.24, 2.45) is 0 Å². The minimum Gasteiger partial charge on any atom is -0.424 e. The van der Waals surface area contributed by atoms with Crippen LogP contribution in [0.3, 0.4) is 0 Å². The number of carbonyl (C=O) groups is 2. The number of rotatable bonds is 5. The van der Waals surface area contributed by atoms with Gasteiger partial charge in [-0.25, -0.2) is 0 Å². The minimum atomic E-state index is -0.387. The zero-order valence-corrected chi connectivity index (χ0v) is 18.5. The third-order valence-electron chi connectivity index (χ3n) is 5.21. The molecule has 0 unspecified atom stereocenters. The number of nitrogens with zero attached hydrogens (tertiary/aromatic N) is 5. The molecule has 0 saturated carbocycles. The van der Waals surface area contributed by atoms with E-state index in [9.17, 15) is 9.59 Å². The predicted octanol–water partition coefficient (Wildman–Crippen LogP) is 1.66. The molecule has 0 radical (unpaired) electrons. The number of amides is 2. The molecule has 3 aliphatic heterocycles. The van der Waals surface area contributed by atoms with E-state index in [1.54, 1.807) is 30.3 Å². The van der Waals surface area contributed by atoms with Crippen LogP contribution in [0.15, 0.2) is 29.2 Å². The Balaban J connectivity index is 1.37. The van der Waals surface area contributed by atoms with Gasteiger partial charge in [0.1, 0.15) is 5.75 Å². The molecule has 3 fully saturated rings. The first kappa shape index (κ1) is 21.6. The Hall–Kier alpha value is -3.22. The first-order valence-electron chi connectivity index (χ1n) is 10.6. The number of hydrogen-bond donors (Lipinski definition) is 1. The zero-order valence-electron chi connectivity index (χ0n) is 17.7. The average molecular weight is 471 g/mol. The number of benzene rings is 1. The normalized spacial score (nSPS) is 20.3. The second-order valence-electron chi connectivity index (χ2n) is 7.44. The number of nitrogens with one attached hydrogen (secondary N) is 1. The molecule has 172 valence electrons. The van der Waals surface area contributed by atoms with Gasteiger partial charge in [-0.05, 0) is 35.5 Å². The smallest absolute Gasteiger partial charge is 0.328 e. The van der Waals surface area contributed by atoms with Gasteiger partial charge in [0.15, 0.2) is 0 Å². The van der Waals surface area contributed by atoms with Crippen molar-refractivity contribution < 1.29 is 23.8 Å². The van der Waals surface area contributed by atoms with Gasteiger partial charge in [0.05, 0.1) is 31.3 Å². The highest BCUT2D eigenvalue weighted by atomic mass is 32.2. The summed E-state index contributed by atoms with van der Waals surface area (Å²) in [5.74, 6) is 1.27. The summed E-state index contributed by atoms with van der Waals surface area (Å²) in [5.41, 5.74) is 0.772. The molecule has 3 saturated heterocycles.